The van der Waals surface area contributed by atoms with Gasteiger partial charge >= 0.3 is 0 Å². The van der Waals surface area contributed by atoms with Crippen LogP contribution < -0.4 is 10.6 Å². The third-order valence-electron chi connectivity index (χ3n) is 6.74. The molecule has 2 aromatic rings. The van der Waals surface area contributed by atoms with Crippen molar-refractivity contribution in [1.82, 2.24) is 0 Å². The molecule has 0 radical (unpaired) electrons. The fourth-order valence-corrected chi connectivity index (χ4v) is 5.44. The van der Waals surface area contributed by atoms with Crippen LogP contribution in [-0.2, 0) is 0 Å². The van der Waals surface area contributed by atoms with Gasteiger partial charge in [-0.15, -0.1) is 0 Å². The molecule has 3 unspecified atom stereocenters. The van der Waals surface area contributed by atoms with Crippen LogP contribution in [0.1, 0.15) is 63.6 Å². The number of benzene rings is 2. The number of halogens is 3. The summed E-state index contributed by atoms with van der Waals surface area (Å²) in [6, 6.07) is 8.64. The monoisotopic (exact) mass is 528 g/mol. The predicted molar refractivity (Wildman–Crippen MR) is 153 cm³/mol. The molecule has 0 bridgehead atoms. The highest BCUT2D eigenvalue weighted by molar-refractivity contribution is 7.47. The van der Waals surface area contributed by atoms with Gasteiger partial charge in [0.05, 0.1) is 17.3 Å². The summed E-state index contributed by atoms with van der Waals surface area (Å²) in [6.07, 6.45) is 3.61. The number of rotatable bonds is 8. The van der Waals surface area contributed by atoms with E-state index >= 15 is 4.39 Å². The summed E-state index contributed by atoms with van der Waals surface area (Å²) >= 11 is 0. The molecule has 1 heterocycles. The predicted octanol–water partition coefficient (Wildman–Crippen LogP) is 8.03. The number of hydrogen-bond acceptors (Lipinski definition) is 3. The van der Waals surface area contributed by atoms with Gasteiger partial charge in [-0.2, -0.15) is 0 Å². The standard InChI is InChI=1S/C30H36F3N2OP/c1-8-21(13-12-19(4)30(6,7)36)22-14-17(2)25(16-23(22)31)34-20(5)26-15-18(3)28-24(35-26)10-9-11-27(28)37-29(32)33/h8-14,16,18,26,29,35-37H,4,15H2,1-3,5-7H3/b13-12-,21-8+,34-20+. The number of aliphatic imine (C=N–C) groups is 1. The molecule has 0 amide bonds. The van der Waals surface area contributed by atoms with E-state index in [0.717, 1.165) is 22.5 Å². The Morgan fingerprint density at radius 1 is 1.27 bits per heavy atom. The molecule has 3 nitrogen and oxygen atoms in total. The zero-order chi connectivity index (χ0) is 27.5. The summed E-state index contributed by atoms with van der Waals surface area (Å²) < 4.78 is 41.4. The van der Waals surface area contributed by atoms with E-state index in [2.05, 4.69) is 18.8 Å². The maximum atomic E-state index is 15.2. The van der Waals surface area contributed by atoms with Crippen molar-refractivity contribution in [2.75, 3.05) is 5.32 Å². The Hall–Kier alpha value is -2.69. The highest BCUT2D eigenvalue weighted by Crippen LogP contribution is 2.38. The van der Waals surface area contributed by atoms with E-state index in [4.69, 9.17) is 4.99 Å². The second-order valence-corrected chi connectivity index (χ2v) is 11.3. The van der Waals surface area contributed by atoms with Crippen molar-refractivity contribution in [2.24, 2.45) is 4.99 Å². The third kappa shape index (κ3) is 7.00. The molecule has 3 rings (SSSR count). The second-order valence-electron chi connectivity index (χ2n) is 10.1. The summed E-state index contributed by atoms with van der Waals surface area (Å²) in [5, 5.41) is 14.3. The fraction of sp³-hybridized carbons (Fsp3) is 0.367. The molecule has 2 aromatic carbocycles. The van der Waals surface area contributed by atoms with Crippen molar-refractivity contribution < 1.29 is 18.3 Å². The molecule has 7 heteroatoms. The summed E-state index contributed by atoms with van der Waals surface area (Å²) in [7, 11) is -0.533. The summed E-state index contributed by atoms with van der Waals surface area (Å²) in [4.78, 5) is 4.77. The second kappa shape index (κ2) is 11.8. The first-order valence-electron chi connectivity index (χ1n) is 12.4. The Balaban J connectivity index is 1.86. The van der Waals surface area contributed by atoms with Crippen molar-refractivity contribution in [2.45, 2.75) is 71.7 Å². The normalized spacial score (nSPS) is 19.1. The van der Waals surface area contributed by atoms with E-state index in [-0.39, 0.29) is 12.0 Å². The molecule has 0 saturated heterocycles. The maximum Gasteiger partial charge on any atom is 0.256 e. The topological polar surface area (TPSA) is 44.6 Å². The Morgan fingerprint density at radius 3 is 2.59 bits per heavy atom. The van der Waals surface area contributed by atoms with Gasteiger partial charge in [-0.1, -0.05) is 43.9 Å². The van der Waals surface area contributed by atoms with Crippen molar-refractivity contribution in [3.8, 4) is 0 Å². The van der Waals surface area contributed by atoms with Gasteiger partial charge in [-0.05, 0) is 95.2 Å². The lowest BCUT2D eigenvalue weighted by molar-refractivity contribution is 0.124. The molecule has 1 aliphatic heterocycles. The molecule has 0 fully saturated rings. The quantitative estimate of drug-likeness (QED) is 0.207. The Kier molecular flexibility index (Phi) is 9.20. The molecule has 2 N–H and O–H groups in total. The van der Waals surface area contributed by atoms with Gasteiger partial charge in [-0.25, -0.2) is 13.2 Å². The molecule has 0 aromatic heterocycles. The molecule has 198 valence electrons. The smallest absolute Gasteiger partial charge is 0.256 e. The largest absolute Gasteiger partial charge is 0.386 e. The summed E-state index contributed by atoms with van der Waals surface area (Å²) in [6.45, 7) is 14.9. The van der Waals surface area contributed by atoms with E-state index in [1.165, 1.54) is 6.07 Å². The lowest BCUT2D eigenvalue weighted by Crippen LogP contribution is -2.35. The first-order valence-corrected chi connectivity index (χ1v) is 13.5. The number of hydrogen-bond donors (Lipinski definition) is 2. The van der Waals surface area contributed by atoms with Crippen LogP contribution in [0.3, 0.4) is 0 Å². The van der Waals surface area contributed by atoms with Crippen molar-refractivity contribution in [3.63, 3.8) is 0 Å². The van der Waals surface area contributed by atoms with Gasteiger partial charge in [0.25, 0.3) is 6.17 Å². The Bertz CT molecular complexity index is 1260. The van der Waals surface area contributed by atoms with Crippen LogP contribution in [0.5, 0.6) is 0 Å². The minimum atomic E-state index is -2.36. The molecular weight excluding hydrogens is 492 g/mol. The first kappa shape index (κ1) is 28.9. The van der Waals surface area contributed by atoms with Crippen LogP contribution in [0, 0.1) is 12.7 Å². The van der Waals surface area contributed by atoms with E-state index in [0.29, 0.717) is 34.1 Å². The van der Waals surface area contributed by atoms with Crippen molar-refractivity contribution in [1.29, 1.82) is 0 Å². The first-order chi connectivity index (χ1) is 17.3. The number of nitrogens with one attached hydrogen (secondary N) is 1. The van der Waals surface area contributed by atoms with Gasteiger partial charge in [0.2, 0.25) is 0 Å². The van der Waals surface area contributed by atoms with Crippen molar-refractivity contribution in [3.05, 3.63) is 83.2 Å². The van der Waals surface area contributed by atoms with Gasteiger partial charge < -0.3 is 10.4 Å². The number of alkyl halides is 2. The van der Waals surface area contributed by atoms with Gasteiger partial charge in [0.15, 0.2) is 0 Å². The molecule has 37 heavy (non-hydrogen) atoms. The minimum Gasteiger partial charge on any atom is -0.386 e. The highest BCUT2D eigenvalue weighted by Gasteiger charge is 2.28. The molecular formula is C30H36F3N2OP. The van der Waals surface area contributed by atoms with Crippen LogP contribution in [0.15, 0.2) is 65.7 Å². The molecule has 0 aliphatic carbocycles. The number of aliphatic hydroxyl groups is 1. The molecule has 1 aliphatic rings. The minimum absolute atomic E-state index is 0.0864. The summed E-state index contributed by atoms with van der Waals surface area (Å²) in [5.41, 5.74) is 4.59. The van der Waals surface area contributed by atoms with Gasteiger partial charge in [-0.3, -0.25) is 4.99 Å². The van der Waals surface area contributed by atoms with E-state index in [9.17, 15) is 13.9 Å². The van der Waals surface area contributed by atoms with E-state index < -0.39 is 26.2 Å². The Morgan fingerprint density at radius 2 is 1.97 bits per heavy atom. The molecule has 0 spiro atoms. The SMILES string of the molecule is C=C(/C=C\C(=C/C)c1cc(C)c(/N=C(\C)C2CC(C)c3c(cccc3PC(F)F)N2)cc1F)C(C)(C)O. The average molecular weight is 529 g/mol. The number of allylic oxidation sites excluding steroid dienone is 3. The van der Waals surface area contributed by atoms with Crippen LogP contribution >= 0.6 is 8.58 Å². The average Bonchev–Trinajstić information content (AvgIpc) is 2.80. The van der Waals surface area contributed by atoms with E-state index in [1.807, 2.05) is 32.9 Å². The lowest BCUT2D eigenvalue weighted by Gasteiger charge is -2.33. The van der Waals surface area contributed by atoms with Crippen LogP contribution in [-0.4, -0.2) is 28.6 Å². The van der Waals surface area contributed by atoms with Crippen LogP contribution in [0.2, 0.25) is 0 Å². The highest BCUT2D eigenvalue weighted by atomic mass is 31.1. The molecule has 0 saturated carbocycles. The van der Waals surface area contributed by atoms with E-state index in [1.54, 1.807) is 44.2 Å². The molecule has 3 atom stereocenters. The van der Waals surface area contributed by atoms with Crippen LogP contribution in [0.4, 0.5) is 24.5 Å². The number of aryl methyl sites for hydroxylation is 1. The number of fused-ring (bicyclic) bond motifs is 1. The number of anilines is 1. The van der Waals surface area contributed by atoms with Crippen molar-refractivity contribution >= 4 is 36.5 Å². The third-order valence-corrected chi connectivity index (χ3v) is 7.71. The zero-order valence-corrected chi connectivity index (χ0v) is 23.3. The Labute approximate surface area is 220 Å². The number of nitrogens with zero attached hydrogens (tertiary/aromatic N) is 1. The maximum absolute atomic E-state index is 15.2. The summed E-state index contributed by atoms with van der Waals surface area (Å²) in [5.74, 6) is -0.298. The lowest BCUT2D eigenvalue weighted by atomic mass is 9.87. The van der Waals surface area contributed by atoms with Gasteiger partial charge in [0, 0.05) is 23.0 Å². The zero-order valence-electron chi connectivity index (χ0n) is 22.3. The fourth-order valence-electron chi connectivity index (χ4n) is 4.47. The van der Waals surface area contributed by atoms with Gasteiger partial charge in [0.1, 0.15) is 5.82 Å². The van der Waals surface area contributed by atoms with Crippen LogP contribution in [0.25, 0.3) is 5.57 Å².